The Balaban J connectivity index is 2.40. The lowest BCUT2D eigenvalue weighted by Gasteiger charge is -2.13. The first kappa shape index (κ1) is 10.7. The van der Waals surface area contributed by atoms with E-state index in [-0.39, 0.29) is 0 Å². The number of hydrogen-bond acceptors (Lipinski definition) is 1. The Labute approximate surface area is 101 Å². The lowest BCUT2D eigenvalue weighted by molar-refractivity contribution is 0.154. The van der Waals surface area contributed by atoms with Crippen molar-refractivity contribution >= 4 is 39.1 Å². The van der Waals surface area contributed by atoms with E-state index in [1.54, 1.807) is 12.1 Å². The highest BCUT2D eigenvalue weighted by atomic mass is 79.9. The van der Waals surface area contributed by atoms with Gasteiger partial charge in [0.1, 0.15) is 0 Å². The van der Waals surface area contributed by atoms with Gasteiger partial charge < -0.3 is 5.11 Å². The van der Waals surface area contributed by atoms with E-state index in [4.69, 9.17) is 23.2 Å². The molecule has 0 aromatic heterocycles. The van der Waals surface area contributed by atoms with Gasteiger partial charge in [-0.15, -0.1) is 0 Å². The molecule has 14 heavy (non-hydrogen) atoms. The highest BCUT2D eigenvalue weighted by molar-refractivity contribution is 9.10. The molecule has 1 unspecified atom stereocenters. The van der Waals surface area contributed by atoms with Crippen LogP contribution in [-0.4, -0.2) is 5.11 Å². The van der Waals surface area contributed by atoms with Crippen molar-refractivity contribution in [3.05, 3.63) is 32.2 Å². The summed E-state index contributed by atoms with van der Waals surface area (Å²) in [5.74, 6) is 0.339. The minimum Gasteiger partial charge on any atom is -0.388 e. The van der Waals surface area contributed by atoms with E-state index < -0.39 is 6.10 Å². The molecule has 0 bridgehead atoms. The lowest BCUT2D eigenvalue weighted by atomic mass is 10.1. The summed E-state index contributed by atoms with van der Waals surface area (Å²) in [6.45, 7) is 0. The molecular weight excluding hydrogens is 287 g/mol. The highest BCUT2D eigenvalue weighted by Gasteiger charge is 2.33. The zero-order valence-corrected chi connectivity index (χ0v) is 10.4. The van der Waals surface area contributed by atoms with Gasteiger partial charge in [0.2, 0.25) is 0 Å². The molecule has 1 saturated carbocycles. The summed E-state index contributed by atoms with van der Waals surface area (Å²) in [5.41, 5.74) is 0.666. The molecule has 1 aliphatic carbocycles. The molecule has 1 nitrogen and oxygen atoms in total. The summed E-state index contributed by atoms with van der Waals surface area (Å²) in [6.07, 6.45) is 1.61. The molecule has 1 fully saturated rings. The number of benzene rings is 1. The van der Waals surface area contributed by atoms with E-state index in [1.165, 1.54) is 0 Å². The van der Waals surface area contributed by atoms with E-state index in [0.717, 1.165) is 17.3 Å². The summed E-state index contributed by atoms with van der Waals surface area (Å²) >= 11 is 15.4. The summed E-state index contributed by atoms with van der Waals surface area (Å²) in [7, 11) is 0. The quantitative estimate of drug-likeness (QED) is 0.867. The Bertz CT molecular complexity index is 340. The third-order valence-corrected chi connectivity index (χ3v) is 3.49. The fraction of sp³-hybridized carbons (Fsp3) is 0.400. The molecule has 1 atom stereocenters. The van der Waals surface area contributed by atoms with Gasteiger partial charge >= 0.3 is 0 Å². The van der Waals surface area contributed by atoms with Crippen LogP contribution in [0.15, 0.2) is 16.6 Å². The highest BCUT2D eigenvalue weighted by Crippen LogP contribution is 2.45. The maximum absolute atomic E-state index is 9.93. The van der Waals surface area contributed by atoms with Crippen LogP contribution in [0.2, 0.25) is 10.0 Å². The fourth-order valence-corrected chi connectivity index (χ4v) is 2.92. The normalized spacial score (nSPS) is 18.3. The number of rotatable bonds is 2. The first-order valence-corrected chi connectivity index (χ1v) is 5.97. The molecule has 1 aromatic rings. The van der Waals surface area contributed by atoms with Gasteiger partial charge in [0.15, 0.2) is 0 Å². The van der Waals surface area contributed by atoms with Crippen molar-refractivity contribution in [2.75, 3.05) is 0 Å². The topological polar surface area (TPSA) is 20.2 Å². The molecule has 0 radical (unpaired) electrons. The van der Waals surface area contributed by atoms with E-state index in [0.29, 0.717) is 21.5 Å². The van der Waals surface area contributed by atoms with Crippen LogP contribution >= 0.6 is 39.1 Å². The number of hydrogen-bond donors (Lipinski definition) is 1. The van der Waals surface area contributed by atoms with Crippen LogP contribution in [0.3, 0.4) is 0 Å². The van der Waals surface area contributed by atoms with Crippen molar-refractivity contribution < 1.29 is 5.11 Å². The van der Waals surface area contributed by atoms with E-state index in [2.05, 4.69) is 15.9 Å². The van der Waals surface area contributed by atoms with E-state index >= 15 is 0 Å². The van der Waals surface area contributed by atoms with Gasteiger partial charge in [-0.1, -0.05) is 39.1 Å². The molecule has 4 heteroatoms. The van der Waals surface area contributed by atoms with Gasteiger partial charge in [0.05, 0.1) is 6.10 Å². The second-order valence-corrected chi connectivity index (χ2v) is 5.30. The smallest absolute Gasteiger partial charge is 0.0847 e. The molecule has 0 amide bonds. The number of aliphatic hydroxyl groups is 1. The second-order valence-electron chi connectivity index (χ2n) is 3.57. The summed E-state index contributed by atoms with van der Waals surface area (Å²) < 4.78 is 0.833. The molecular formula is C10H9BrCl2O. The fourth-order valence-electron chi connectivity index (χ4n) is 1.48. The van der Waals surface area contributed by atoms with Crippen molar-refractivity contribution in [3.63, 3.8) is 0 Å². The first-order valence-electron chi connectivity index (χ1n) is 4.42. The Morgan fingerprint density at radius 1 is 1.29 bits per heavy atom. The Hall–Kier alpha value is 0.240. The van der Waals surface area contributed by atoms with Gasteiger partial charge in [0.25, 0.3) is 0 Å². The first-order chi connectivity index (χ1) is 6.59. The molecule has 0 aliphatic heterocycles. The average molecular weight is 296 g/mol. The van der Waals surface area contributed by atoms with Gasteiger partial charge in [-0.05, 0) is 30.9 Å². The Morgan fingerprint density at radius 3 is 2.21 bits per heavy atom. The molecule has 2 rings (SSSR count). The predicted molar refractivity (Wildman–Crippen MR) is 61.8 cm³/mol. The Morgan fingerprint density at radius 2 is 1.79 bits per heavy atom. The van der Waals surface area contributed by atoms with Gasteiger partial charge in [-0.2, -0.15) is 0 Å². The molecule has 0 spiro atoms. The molecule has 1 aliphatic rings. The van der Waals surface area contributed by atoms with E-state index in [1.807, 2.05) is 0 Å². The molecule has 0 heterocycles. The largest absolute Gasteiger partial charge is 0.388 e. The van der Waals surface area contributed by atoms with Gasteiger partial charge in [0, 0.05) is 20.1 Å². The molecule has 0 saturated heterocycles. The van der Waals surface area contributed by atoms with Crippen LogP contribution in [0.5, 0.6) is 0 Å². The zero-order valence-electron chi connectivity index (χ0n) is 7.30. The predicted octanol–water partition coefficient (Wildman–Crippen LogP) is 4.20. The third kappa shape index (κ3) is 2.08. The summed E-state index contributed by atoms with van der Waals surface area (Å²) in [4.78, 5) is 0. The van der Waals surface area contributed by atoms with Crippen LogP contribution < -0.4 is 0 Å². The van der Waals surface area contributed by atoms with Gasteiger partial charge in [-0.25, -0.2) is 0 Å². The zero-order chi connectivity index (χ0) is 10.3. The Kier molecular flexibility index (Phi) is 3.08. The average Bonchev–Trinajstić information content (AvgIpc) is 2.83. The number of halogens is 3. The van der Waals surface area contributed by atoms with Crippen LogP contribution in [0, 0.1) is 5.92 Å². The van der Waals surface area contributed by atoms with Gasteiger partial charge in [-0.3, -0.25) is 0 Å². The standard InChI is InChI=1S/C10H9BrCl2O/c11-6-3-7(12)9(8(13)4-6)10(14)5-1-2-5/h3-5,10,14H,1-2H2. The number of aliphatic hydroxyl groups excluding tert-OH is 1. The monoisotopic (exact) mass is 294 g/mol. The lowest BCUT2D eigenvalue weighted by Crippen LogP contribution is -2.01. The van der Waals surface area contributed by atoms with Crippen LogP contribution in [0.4, 0.5) is 0 Å². The van der Waals surface area contributed by atoms with Crippen LogP contribution in [0.1, 0.15) is 24.5 Å². The third-order valence-electron chi connectivity index (χ3n) is 2.41. The van der Waals surface area contributed by atoms with Crippen molar-refractivity contribution in [1.82, 2.24) is 0 Å². The molecule has 76 valence electrons. The minimum absolute atomic E-state index is 0.339. The van der Waals surface area contributed by atoms with Crippen molar-refractivity contribution in [3.8, 4) is 0 Å². The van der Waals surface area contributed by atoms with Crippen molar-refractivity contribution in [2.45, 2.75) is 18.9 Å². The van der Waals surface area contributed by atoms with E-state index in [9.17, 15) is 5.11 Å². The second kappa shape index (κ2) is 4.01. The summed E-state index contributed by atoms with van der Waals surface area (Å²) in [6, 6.07) is 3.52. The van der Waals surface area contributed by atoms with Crippen LogP contribution in [0.25, 0.3) is 0 Å². The molecule has 1 N–H and O–H groups in total. The van der Waals surface area contributed by atoms with Crippen molar-refractivity contribution in [1.29, 1.82) is 0 Å². The minimum atomic E-state index is -0.511. The van der Waals surface area contributed by atoms with Crippen molar-refractivity contribution in [2.24, 2.45) is 5.92 Å². The maximum Gasteiger partial charge on any atom is 0.0847 e. The molecule has 1 aromatic carbocycles. The van der Waals surface area contributed by atoms with Crippen LogP contribution in [-0.2, 0) is 0 Å². The maximum atomic E-state index is 9.93. The SMILES string of the molecule is OC(c1c(Cl)cc(Br)cc1Cl)C1CC1. The summed E-state index contributed by atoms with van der Waals surface area (Å²) in [5, 5.41) is 11.0.